The number of carbonyl (C=O) groups is 1. The lowest BCUT2D eigenvalue weighted by Gasteiger charge is -2.06. The molecule has 0 bridgehead atoms. The molecule has 0 aromatic heterocycles. The second-order valence-corrected chi connectivity index (χ2v) is 5.15. The number of amides is 1. The minimum Gasteiger partial charge on any atom is -0.304 e. The Balaban J connectivity index is 2.01. The molecule has 2 rings (SSSR count). The van der Waals surface area contributed by atoms with Crippen LogP contribution in [0.3, 0.4) is 0 Å². The highest BCUT2D eigenvalue weighted by Crippen LogP contribution is 2.16. The summed E-state index contributed by atoms with van der Waals surface area (Å²) in [6.07, 6.45) is 1.41. The molecule has 0 radical (unpaired) electrons. The molecule has 22 heavy (non-hydrogen) atoms. The van der Waals surface area contributed by atoms with Crippen LogP contribution in [0.2, 0.25) is 10.0 Å². The van der Waals surface area contributed by atoms with E-state index >= 15 is 0 Å². The van der Waals surface area contributed by atoms with Crippen LogP contribution in [0, 0.1) is 11.3 Å². The Kier molecular flexibility index (Phi) is 5.42. The van der Waals surface area contributed by atoms with Crippen LogP contribution in [0.1, 0.15) is 15.9 Å². The number of rotatable bonds is 4. The molecule has 0 aliphatic heterocycles. The molecule has 6 heteroatoms. The molecule has 0 aliphatic carbocycles. The van der Waals surface area contributed by atoms with E-state index in [2.05, 4.69) is 10.9 Å². The lowest BCUT2D eigenvalue weighted by molar-refractivity contribution is 0.0941. The maximum atomic E-state index is 11.9. The highest BCUT2D eigenvalue weighted by Gasteiger charge is 2.04. The van der Waals surface area contributed by atoms with Crippen molar-refractivity contribution in [2.75, 3.05) is 0 Å². The lowest BCUT2D eigenvalue weighted by Crippen LogP contribution is -2.33. The van der Waals surface area contributed by atoms with Gasteiger partial charge in [-0.2, -0.15) is 5.26 Å². The maximum Gasteiger partial charge on any atom is 0.269 e. The topological polar surface area (TPSA) is 64.9 Å². The van der Waals surface area contributed by atoms with Crippen molar-refractivity contribution in [3.05, 3.63) is 75.9 Å². The van der Waals surface area contributed by atoms with Crippen molar-refractivity contribution < 1.29 is 4.79 Å². The number of carbonyl (C=O) groups excluding carboxylic acids is 1. The van der Waals surface area contributed by atoms with E-state index in [0.717, 1.165) is 0 Å². The number of nitrogens with zero attached hydrogens (tertiary/aromatic N) is 1. The summed E-state index contributed by atoms with van der Waals surface area (Å²) in [5.41, 5.74) is 6.61. The summed E-state index contributed by atoms with van der Waals surface area (Å²) in [4.78, 5) is 11.9. The molecular formula is C16H11Cl2N3O. The quantitative estimate of drug-likeness (QED) is 0.661. The molecule has 0 spiro atoms. The van der Waals surface area contributed by atoms with Gasteiger partial charge < -0.3 is 5.43 Å². The Bertz CT molecular complexity index is 731. The van der Waals surface area contributed by atoms with Crippen LogP contribution in [-0.2, 0) is 0 Å². The van der Waals surface area contributed by atoms with Crippen molar-refractivity contribution in [2.45, 2.75) is 0 Å². The van der Waals surface area contributed by atoms with Crippen LogP contribution in [0.4, 0.5) is 0 Å². The molecule has 2 aromatic rings. The average molecular weight is 332 g/mol. The first-order valence-electron chi connectivity index (χ1n) is 6.28. The van der Waals surface area contributed by atoms with Gasteiger partial charge in [0.05, 0.1) is 5.57 Å². The number of allylic oxidation sites excluding steroid dienone is 1. The summed E-state index contributed by atoms with van der Waals surface area (Å²) >= 11 is 11.6. The molecular weight excluding hydrogens is 321 g/mol. The van der Waals surface area contributed by atoms with Crippen molar-refractivity contribution in [3.63, 3.8) is 0 Å². The van der Waals surface area contributed by atoms with Crippen LogP contribution < -0.4 is 10.9 Å². The third kappa shape index (κ3) is 4.26. The molecule has 110 valence electrons. The SMILES string of the molecule is N#C/C(=C\NNC(=O)c1ccc(Cl)cc1)c1ccc(Cl)cc1. The Morgan fingerprint density at radius 3 is 1.95 bits per heavy atom. The first-order chi connectivity index (χ1) is 10.6. The maximum absolute atomic E-state index is 11.9. The van der Waals surface area contributed by atoms with E-state index in [4.69, 9.17) is 28.5 Å². The number of benzene rings is 2. The van der Waals surface area contributed by atoms with E-state index in [1.807, 2.05) is 6.07 Å². The highest BCUT2D eigenvalue weighted by atomic mass is 35.5. The zero-order valence-electron chi connectivity index (χ0n) is 11.3. The van der Waals surface area contributed by atoms with Crippen molar-refractivity contribution in [3.8, 4) is 6.07 Å². The largest absolute Gasteiger partial charge is 0.304 e. The van der Waals surface area contributed by atoms with Crippen LogP contribution in [0.5, 0.6) is 0 Å². The third-order valence-electron chi connectivity index (χ3n) is 2.78. The molecule has 2 aromatic carbocycles. The zero-order valence-corrected chi connectivity index (χ0v) is 12.8. The second kappa shape index (κ2) is 7.51. The summed E-state index contributed by atoms with van der Waals surface area (Å²) in [6, 6.07) is 15.3. The number of nitriles is 1. The standard InChI is InChI=1S/C16H11Cl2N3O/c17-14-5-1-11(2-6-14)13(9-19)10-20-21-16(22)12-3-7-15(18)8-4-12/h1-8,10,20H,(H,21,22)/b13-10+. The summed E-state index contributed by atoms with van der Waals surface area (Å²) in [7, 11) is 0. The first kappa shape index (κ1) is 15.9. The number of halogens is 2. The molecule has 4 nitrogen and oxygen atoms in total. The zero-order chi connectivity index (χ0) is 15.9. The van der Waals surface area contributed by atoms with Gasteiger partial charge in [-0.3, -0.25) is 10.2 Å². The fraction of sp³-hybridized carbons (Fsp3) is 0. The van der Waals surface area contributed by atoms with Crippen LogP contribution >= 0.6 is 23.2 Å². The molecule has 1 amide bonds. The smallest absolute Gasteiger partial charge is 0.269 e. The molecule has 0 unspecified atom stereocenters. The van der Waals surface area contributed by atoms with Gasteiger partial charge in [-0.05, 0) is 42.0 Å². The van der Waals surface area contributed by atoms with Crippen molar-refractivity contribution >= 4 is 34.7 Å². The molecule has 0 aliphatic rings. The predicted octanol–water partition coefficient (Wildman–Crippen LogP) is 3.79. The van der Waals surface area contributed by atoms with E-state index in [1.54, 1.807) is 48.5 Å². The number of hydrogen-bond acceptors (Lipinski definition) is 3. The molecule has 0 fully saturated rings. The van der Waals surface area contributed by atoms with Gasteiger partial charge in [0, 0.05) is 21.8 Å². The number of hydrogen-bond donors (Lipinski definition) is 2. The van der Waals surface area contributed by atoms with Gasteiger partial charge in [-0.1, -0.05) is 35.3 Å². The summed E-state index contributed by atoms with van der Waals surface area (Å²) in [5, 5.41) is 10.3. The normalized spacial score (nSPS) is 10.7. The molecule has 0 heterocycles. The van der Waals surface area contributed by atoms with E-state index in [-0.39, 0.29) is 5.91 Å². The monoisotopic (exact) mass is 331 g/mol. The fourth-order valence-electron chi connectivity index (χ4n) is 1.66. The Hall–Kier alpha value is -2.48. The Morgan fingerprint density at radius 2 is 1.45 bits per heavy atom. The average Bonchev–Trinajstić information content (AvgIpc) is 2.53. The van der Waals surface area contributed by atoms with Crippen molar-refractivity contribution in [1.82, 2.24) is 10.9 Å². The van der Waals surface area contributed by atoms with E-state index < -0.39 is 0 Å². The van der Waals surface area contributed by atoms with Crippen molar-refractivity contribution in [1.29, 1.82) is 5.26 Å². The number of hydrazine groups is 1. The van der Waals surface area contributed by atoms with Gasteiger partial charge in [0.2, 0.25) is 0 Å². The lowest BCUT2D eigenvalue weighted by atomic mass is 10.1. The van der Waals surface area contributed by atoms with E-state index in [0.29, 0.717) is 26.7 Å². The van der Waals surface area contributed by atoms with Crippen LogP contribution in [0.25, 0.3) is 5.57 Å². The van der Waals surface area contributed by atoms with Gasteiger partial charge in [0.25, 0.3) is 5.91 Å². The highest BCUT2D eigenvalue weighted by molar-refractivity contribution is 6.30. The fourth-order valence-corrected chi connectivity index (χ4v) is 1.91. The minimum absolute atomic E-state index is 0.332. The summed E-state index contributed by atoms with van der Waals surface area (Å²) in [6.45, 7) is 0. The molecule has 2 N–H and O–H groups in total. The van der Waals surface area contributed by atoms with E-state index in [1.165, 1.54) is 6.20 Å². The van der Waals surface area contributed by atoms with Gasteiger partial charge >= 0.3 is 0 Å². The summed E-state index contributed by atoms with van der Waals surface area (Å²) < 4.78 is 0. The Labute approximate surface area is 137 Å². The Morgan fingerprint density at radius 1 is 0.955 bits per heavy atom. The van der Waals surface area contributed by atoms with Gasteiger partial charge in [-0.25, -0.2) is 0 Å². The van der Waals surface area contributed by atoms with Gasteiger partial charge in [-0.15, -0.1) is 0 Å². The molecule has 0 atom stereocenters. The predicted molar refractivity (Wildman–Crippen MR) is 87.1 cm³/mol. The molecule has 0 saturated heterocycles. The second-order valence-electron chi connectivity index (χ2n) is 4.28. The first-order valence-corrected chi connectivity index (χ1v) is 7.03. The van der Waals surface area contributed by atoms with Crippen molar-refractivity contribution in [2.24, 2.45) is 0 Å². The van der Waals surface area contributed by atoms with Crippen LogP contribution in [-0.4, -0.2) is 5.91 Å². The third-order valence-corrected chi connectivity index (χ3v) is 3.29. The van der Waals surface area contributed by atoms with Gasteiger partial charge in [0.1, 0.15) is 6.07 Å². The molecule has 0 saturated carbocycles. The van der Waals surface area contributed by atoms with Crippen LogP contribution in [0.15, 0.2) is 54.7 Å². The number of nitrogens with one attached hydrogen (secondary N) is 2. The minimum atomic E-state index is -0.332. The van der Waals surface area contributed by atoms with E-state index in [9.17, 15) is 4.79 Å². The van der Waals surface area contributed by atoms with Gasteiger partial charge in [0.15, 0.2) is 0 Å². The summed E-state index contributed by atoms with van der Waals surface area (Å²) in [5.74, 6) is -0.332.